The number of alkyl carbamates (subject to hydrolysis) is 1. The van der Waals surface area contributed by atoms with Gasteiger partial charge in [-0.05, 0) is 64.6 Å². The van der Waals surface area contributed by atoms with E-state index in [1.54, 1.807) is 0 Å². The molecular weight excluding hydrogens is 266 g/mol. The van der Waals surface area contributed by atoms with E-state index in [4.69, 9.17) is 10.1 Å². The smallest absolute Gasteiger partial charge is 0.407 e. The van der Waals surface area contributed by atoms with Gasteiger partial charge in [0.25, 0.3) is 0 Å². The summed E-state index contributed by atoms with van der Waals surface area (Å²) in [7, 11) is 0. The molecule has 0 aromatic carbocycles. The summed E-state index contributed by atoms with van der Waals surface area (Å²) in [6.45, 7) is 6.26. The highest BCUT2D eigenvalue weighted by Crippen LogP contribution is 2.30. The van der Waals surface area contributed by atoms with Crippen LogP contribution in [0.1, 0.15) is 46.5 Å². The fourth-order valence-corrected chi connectivity index (χ4v) is 2.38. The predicted octanol–water partition coefficient (Wildman–Crippen LogP) is 2.82. The molecule has 0 unspecified atom stereocenters. The van der Waals surface area contributed by atoms with Crippen molar-refractivity contribution in [2.45, 2.75) is 58.1 Å². The maximum Gasteiger partial charge on any atom is 0.407 e. The second-order valence-corrected chi connectivity index (χ2v) is 7.15. The van der Waals surface area contributed by atoms with Gasteiger partial charge in [0.05, 0.1) is 0 Å². The van der Waals surface area contributed by atoms with Crippen LogP contribution < -0.4 is 10.6 Å². The summed E-state index contributed by atoms with van der Waals surface area (Å²) < 4.78 is 5.20. The molecule has 118 valence electrons. The molecule has 0 heterocycles. The summed E-state index contributed by atoms with van der Waals surface area (Å²) in [5, 5.41) is 13.9. The lowest BCUT2D eigenvalue weighted by molar-refractivity contribution is 0.0505. The predicted molar refractivity (Wildman–Crippen MR) is 83.5 cm³/mol. The number of ether oxygens (including phenoxy) is 1. The second-order valence-electron chi connectivity index (χ2n) is 7.15. The van der Waals surface area contributed by atoms with Crippen molar-refractivity contribution in [2.24, 2.45) is 11.8 Å². The first-order valence-corrected chi connectivity index (χ1v) is 7.81. The number of carbonyl (C=O) groups excluding carboxylic acids is 1. The number of nitrogens with one attached hydrogen (secondary N) is 3. The monoisotopic (exact) mass is 293 g/mol. The lowest BCUT2D eigenvalue weighted by Crippen LogP contribution is -2.44. The quantitative estimate of drug-likeness (QED) is 0.659. The first-order valence-electron chi connectivity index (χ1n) is 7.81. The van der Waals surface area contributed by atoms with Crippen LogP contribution in [-0.4, -0.2) is 30.0 Å². The summed E-state index contributed by atoms with van der Waals surface area (Å²) in [4.78, 5) is 11.5. The van der Waals surface area contributed by atoms with Gasteiger partial charge in [-0.2, -0.15) is 0 Å². The molecule has 2 aliphatic carbocycles. The molecule has 1 amide bonds. The van der Waals surface area contributed by atoms with E-state index in [1.807, 2.05) is 33.0 Å². The van der Waals surface area contributed by atoms with Crippen LogP contribution in [0, 0.1) is 17.2 Å². The molecule has 2 aliphatic rings. The third-order valence-corrected chi connectivity index (χ3v) is 3.78. The van der Waals surface area contributed by atoms with E-state index in [2.05, 4.69) is 10.6 Å². The number of allylic oxidation sites excluding steroid dienone is 1. The van der Waals surface area contributed by atoms with Crippen molar-refractivity contribution in [3.05, 3.63) is 12.3 Å². The Morgan fingerprint density at radius 3 is 2.57 bits per heavy atom. The summed E-state index contributed by atoms with van der Waals surface area (Å²) in [5.74, 6) is 1.03. The number of rotatable bonds is 6. The lowest BCUT2D eigenvalue weighted by Gasteiger charge is -2.35. The first kappa shape index (κ1) is 15.9. The van der Waals surface area contributed by atoms with Gasteiger partial charge in [-0.15, -0.1) is 0 Å². The lowest BCUT2D eigenvalue weighted by atomic mass is 9.80. The fourth-order valence-electron chi connectivity index (χ4n) is 2.38. The van der Waals surface area contributed by atoms with Crippen LogP contribution in [0.3, 0.4) is 0 Å². The van der Waals surface area contributed by atoms with Gasteiger partial charge in [0, 0.05) is 24.2 Å². The van der Waals surface area contributed by atoms with Crippen LogP contribution in [-0.2, 0) is 4.74 Å². The minimum Gasteiger partial charge on any atom is -0.444 e. The van der Waals surface area contributed by atoms with E-state index in [9.17, 15) is 4.79 Å². The molecule has 2 fully saturated rings. The highest BCUT2D eigenvalue weighted by Gasteiger charge is 2.29. The zero-order valence-corrected chi connectivity index (χ0v) is 13.2. The molecule has 0 radical (unpaired) electrons. The third kappa shape index (κ3) is 5.78. The Morgan fingerprint density at radius 1 is 1.33 bits per heavy atom. The van der Waals surface area contributed by atoms with Crippen LogP contribution in [0.2, 0.25) is 0 Å². The van der Waals surface area contributed by atoms with Gasteiger partial charge in [0.1, 0.15) is 5.60 Å². The fraction of sp³-hybridized carbons (Fsp3) is 0.750. The topological polar surface area (TPSA) is 74.2 Å². The van der Waals surface area contributed by atoms with E-state index >= 15 is 0 Å². The van der Waals surface area contributed by atoms with Crippen LogP contribution >= 0.6 is 0 Å². The van der Waals surface area contributed by atoms with E-state index in [1.165, 1.54) is 12.8 Å². The Morgan fingerprint density at radius 2 is 2.00 bits per heavy atom. The van der Waals surface area contributed by atoms with Gasteiger partial charge < -0.3 is 20.8 Å². The van der Waals surface area contributed by atoms with Crippen molar-refractivity contribution in [2.75, 3.05) is 6.54 Å². The molecule has 0 bridgehead atoms. The average Bonchev–Trinajstić information content (AvgIpc) is 3.11. The SMILES string of the molecule is CC(C)(C)OC(=O)NCC1CC(N/C=C\C(=N)C2CC2)C1. The van der Waals surface area contributed by atoms with Gasteiger partial charge in [0.15, 0.2) is 0 Å². The summed E-state index contributed by atoms with van der Waals surface area (Å²) >= 11 is 0. The number of hydrogen-bond acceptors (Lipinski definition) is 4. The number of hydrogen-bond donors (Lipinski definition) is 3. The van der Waals surface area contributed by atoms with Gasteiger partial charge in [-0.1, -0.05) is 0 Å². The van der Waals surface area contributed by atoms with Gasteiger partial charge in [0.2, 0.25) is 0 Å². The molecule has 0 aliphatic heterocycles. The van der Waals surface area contributed by atoms with Crippen molar-refractivity contribution in [1.29, 1.82) is 5.41 Å². The third-order valence-electron chi connectivity index (χ3n) is 3.78. The van der Waals surface area contributed by atoms with Crippen molar-refractivity contribution in [3.8, 4) is 0 Å². The van der Waals surface area contributed by atoms with Crippen LogP contribution in [0.5, 0.6) is 0 Å². The Hall–Kier alpha value is -1.52. The Kier molecular flexibility index (Phi) is 4.91. The first-order chi connectivity index (χ1) is 9.83. The normalized spacial score (nSPS) is 25.3. The second kappa shape index (κ2) is 6.50. The molecule has 0 aromatic heterocycles. The summed E-state index contributed by atoms with van der Waals surface area (Å²) in [5.41, 5.74) is 0.301. The van der Waals surface area contributed by atoms with Gasteiger partial charge in [-0.3, -0.25) is 0 Å². The zero-order chi connectivity index (χ0) is 15.5. The highest BCUT2D eigenvalue weighted by molar-refractivity contribution is 5.95. The van der Waals surface area contributed by atoms with Crippen molar-refractivity contribution in [1.82, 2.24) is 10.6 Å². The van der Waals surface area contributed by atoms with Crippen LogP contribution in [0.15, 0.2) is 12.3 Å². The Bertz CT molecular complexity index is 416. The maximum atomic E-state index is 11.5. The van der Waals surface area contributed by atoms with E-state index in [0.29, 0.717) is 24.4 Å². The molecule has 0 atom stereocenters. The Balaban J connectivity index is 1.53. The molecule has 3 N–H and O–H groups in total. The molecule has 5 heteroatoms. The van der Waals surface area contributed by atoms with Crippen molar-refractivity contribution < 1.29 is 9.53 Å². The highest BCUT2D eigenvalue weighted by atomic mass is 16.6. The molecule has 21 heavy (non-hydrogen) atoms. The largest absolute Gasteiger partial charge is 0.444 e. The number of carbonyl (C=O) groups is 1. The van der Waals surface area contributed by atoms with E-state index < -0.39 is 5.60 Å². The molecule has 0 saturated heterocycles. The van der Waals surface area contributed by atoms with E-state index in [0.717, 1.165) is 18.6 Å². The average molecular weight is 293 g/mol. The maximum absolute atomic E-state index is 11.5. The molecule has 2 saturated carbocycles. The van der Waals surface area contributed by atoms with Crippen LogP contribution in [0.4, 0.5) is 4.79 Å². The minimum absolute atomic E-state index is 0.336. The molecule has 2 rings (SSSR count). The number of amides is 1. The summed E-state index contributed by atoms with van der Waals surface area (Å²) in [6.07, 6.45) is 7.90. The molecular formula is C16H27N3O2. The standard InChI is InChI=1S/C16H27N3O2/c1-16(2,3)21-15(20)19-10-11-8-13(9-11)18-7-6-14(17)12-4-5-12/h6-7,11-13,17-18H,4-5,8-10H2,1-3H3,(H,19,20)/b7-6-,17-14?. The van der Waals surface area contributed by atoms with E-state index in [-0.39, 0.29) is 6.09 Å². The Labute approximate surface area is 127 Å². The molecule has 0 spiro atoms. The minimum atomic E-state index is -0.440. The van der Waals surface area contributed by atoms with Gasteiger partial charge in [-0.25, -0.2) is 4.79 Å². The molecule has 5 nitrogen and oxygen atoms in total. The van der Waals surface area contributed by atoms with Gasteiger partial charge >= 0.3 is 6.09 Å². The molecule has 0 aromatic rings. The zero-order valence-electron chi connectivity index (χ0n) is 13.2. The summed E-state index contributed by atoms with van der Waals surface area (Å²) in [6, 6.07) is 0.471. The van der Waals surface area contributed by atoms with Crippen molar-refractivity contribution >= 4 is 11.8 Å². The van der Waals surface area contributed by atoms with Crippen LogP contribution in [0.25, 0.3) is 0 Å². The van der Waals surface area contributed by atoms with Crippen molar-refractivity contribution in [3.63, 3.8) is 0 Å².